The van der Waals surface area contributed by atoms with Crippen LogP contribution in [0.4, 0.5) is 5.82 Å². The number of nitrogens with two attached hydrogens (primary N) is 1. The Morgan fingerprint density at radius 3 is 2.42 bits per heavy atom. The molecule has 0 amide bonds. The van der Waals surface area contributed by atoms with Crippen LogP contribution in [0.2, 0.25) is 0 Å². The van der Waals surface area contributed by atoms with Crippen molar-refractivity contribution in [1.29, 1.82) is 0 Å². The van der Waals surface area contributed by atoms with Gasteiger partial charge in [-0.2, -0.15) is 0 Å². The van der Waals surface area contributed by atoms with E-state index in [-0.39, 0.29) is 6.61 Å². The molecule has 31 heavy (non-hydrogen) atoms. The topological polar surface area (TPSA) is 103 Å². The lowest BCUT2D eigenvalue weighted by Gasteiger charge is -2.11. The average molecular weight is 408 g/mol. The molecule has 0 aliphatic heterocycles. The molecule has 7 heteroatoms. The summed E-state index contributed by atoms with van der Waals surface area (Å²) >= 11 is 0. The summed E-state index contributed by atoms with van der Waals surface area (Å²) in [5.74, 6) is 1.05. The highest BCUT2D eigenvalue weighted by Crippen LogP contribution is 2.31. The first kappa shape index (κ1) is 18.9. The lowest BCUT2D eigenvalue weighted by molar-refractivity contribution is 0.282. The molecule has 0 saturated heterocycles. The van der Waals surface area contributed by atoms with Crippen LogP contribution < -0.4 is 5.73 Å². The molecule has 0 unspecified atom stereocenters. The van der Waals surface area contributed by atoms with E-state index in [1.165, 1.54) is 0 Å². The first-order chi connectivity index (χ1) is 15.1. The minimum absolute atomic E-state index is 0.0191. The third-order valence-corrected chi connectivity index (χ3v) is 5.11. The molecule has 0 radical (unpaired) electrons. The number of nitrogen functional groups attached to an aromatic ring is 1. The van der Waals surface area contributed by atoms with E-state index in [2.05, 4.69) is 9.97 Å². The summed E-state index contributed by atoms with van der Waals surface area (Å²) in [6.45, 7) is 1.94. The maximum atomic E-state index is 9.42. The van der Waals surface area contributed by atoms with E-state index < -0.39 is 0 Å². The van der Waals surface area contributed by atoms with Crippen LogP contribution in [0.15, 0.2) is 72.9 Å². The van der Waals surface area contributed by atoms with Gasteiger partial charge in [-0.05, 0) is 61.0 Å². The molecular formula is C24H20N6O. The summed E-state index contributed by atoms with van der Waals surface area (Å²) in [4.78, 5) is 18.6. The molecule has 0 saturated carbocycles. The van der Waals surface area contributed by atoms with E-state index in [9.17, 15) is 5.11 Å². The van der Waals surface area contributed by atoms with E-state index in [0.717, 1.165) is 39.4 Å². The van der Waals surface area contributed by atoms with Gasteiger partial charge >= 0.3 is 0 Å². The summed E-state index contributed by atoms with van der Waals surface area (Å²) in [7, 11) is 0. The van der Waals surface area contributed by atoms with Crippen LogP contribution in [-0.4, -0.2) is 29.6 Å². The SMILES string of the molecule is Cc1cccc(-c2ccc3nc(-c4cccnc4N)n(-c4ccc(CO)cc4)c3n2)n1. The van der Waals surface area contributed by atoms with Gasteiger partial charge in [0.2, 0.25) is 0 Å². The van der Waals surface area contributed by atoms with E-state index in [0.29, 0.717) is 17.3 Å². The molecule has 0 fully saturated rings. The van der Waals surface area contributed by atoms with Gasteiger partial charge < -0.3 is 10.8 Å². The zero-order chi connectivity index (χ0) is 21.4. The summed E-state index contributed by atoms with van der Waals surface area (Å²) in [5, 5.41) is 9.42. The number of aryl methyl sites for hydroxylation is 1. The fraction of sp³-hybridized carbons (Fsp3) is 0.0833. The summed E-state index contributed by atoms with van der Waals surface area (Å²) in [5.41, 5.74) is 12.5. The third kappa shape index (κ3) is 3.41. The van der Waals surface area contributed by atoms with Crippen molar-refractivity contribution in [3.05, 3.63) is 84.2 Å². The van der Waals surface area contributed by atoms with Crippen LogP contribution in [0.1, 0.15) is 11.3 Å². The number of imidazole rings is 1. The molecule has 0 aliphatic rings. The molecule has 4 aromatic heterocycles. The highest BCUT2D eigenvalue weighted by molar-refractivity contribution is 5.84. The van der Waals surface area contributed by atoms with E-state index in [1.807, 2.05) is 78.2 Å². The number of hydrogen-bond donors (Lipinski definition) is 2. The lowest BCUT2D eigenvalue weighted by Crippen LogP contribution is -2.02. The van der Waals surface area contributed by atoms with E-state index >= 15 is 0 Å². The number of anilines is 1. The third-order valence-electron chi connectivity index (χ3n) is 5.11. The van der Waals surface area contributed by atoms with Crippen LogP contribution in [0.3, 0.4) is 0 Å². The van der Waals surface area contributed by atoms with Gasteiger partial charge in [-0.3, -0.25) is 9.55 Å². The van der Waals surface area contributed by atoms with Gasteiger partial charge in [0.05, 0.1) is 23.6 Å². The van der Waals surface area contributed by atoms with Crippen LogP contribution in [-0.2, 0) is 6.61 Å². The number of rotatable bonds is 4. The van der Waals surface area contributed by atoms with Gasteiger partial charge in [-0.15, -0.1) is 0 Å². The number of fused-ring (bicyclic) bond motifs is 1. The number of hydrogen-bond acceptors (Lipinski definition) is 6. The zero-order valence-electron chi connectivity index (χ0n) is 16.9. The van der Waals surface area contributed by atoms with Crippen molar-refractivity contribution in [2.24, 2.45) is 0 Å². The largest absolute Gasteiger partial charge is 0.392 e. The van der Waals surface area contributed by atoms with Crippen molar-refractivity contribution in [2.75, 3.05) is 5.73 Å². The lowest BCUT2D eigenvalue weighted by atomic mass is 10.2. The van der Waals surface area contributed by atoms with Gasteiger partial charge in [0.15, 0.2) is 11.5 Å². The van der Waals surface area contributed by atoms with Gasteiger partial charge in [0.25, 0.3) is 0 Å². The Morgan fingerprint density at radius 1 is 0.871 bits per heavy atom. The Kier molecular flexibility index (Phi) is 4.65. The quantitative estimate of drug-likeness (QED) is 0.467. The normalized spacial score (nSPS) is 11.2. The highest BCUT2D eigenvalue weighted by Gasteiger charge is 2.18. The van der Waals surface area contributed by atoms with E-state index in [4.69, 9.17) is 15.7 Å². The van der Waals surface area contributed by atoms with Crippen molar-refractivity contribution in [1.82, 2.24) is 24.5 Å². The number of pyridine rings is 3. The maximum absolute atomic E-state index is 9.42. The first-order valence-electron chi connectivity index (χ1n) is 9.88. The molecule has 5 rings (SSSR count). The minimum atomic E-state index is -0.0191. The molecular weight excluding hydrogens is 388 g/mol. The van der Waals surface area contributed by atoms with E-state index in [1.54, 1.807) is 6.20 Å². The predicted molar refractivity (Wildman–Crippen MR) is 120 cm³/mol. The van der Waals surface area contributed by atoms with Crippen LogP contribution in [0.25, 0.3) is 39.6 Å². The minimum Gasteiger partial charge on any atom is -0.392 e. The molecule has 0 atom stereocenters. The Bertz CT molecular complexity index is 1390. The molecule has 0 aliphatic carbocycles. The molecule has 152 valence electrons. The number of benzene rings is 1. The molecule has 0 spiro atoms. The van der Waals surface area contributed by atoms with Crippen LogP contribution in [0.5, 0.6) is 0 Å². The van der Waals surface area contributed by atoms with Crippen molar-refractivity contribution in [2.45, 2.75) is 13.5 Å². The van der Waals surface area contributed by atoms with Gasteiger partial charge in [0.1, 0.15) is 11.3 Å². The summed E-state index contributed by atoms with van der Waals surface area (Å²) in [6.07, 6.45) is 1.65. The second-order valence-corrected chi connectivity index (χ2v) is 7.24. The standard InChI is InChI=1S/C24H20N6O/c1-15-4-2-6-19(27-15)20-11-12-21-24(28-20)30(17-9-7-16(14-31)8-10-17)23(29-21)18-5-3-13-26-22(18)25/h2-13,31H,14H2,1H3,(H2,25,26). The Labute approximate surface area is 178 Å². The first-order valence-corrected chi connectivity index (χ1v) is 9.88. The zero-order valence-corrected chi connectivity index (χ0v) is 16.9. The smallest absolute Gasteiger partial charge is 0.165 e. The molecule has 1 aromatic carbocycles. The van der Waals surface area contributed by atoms with Gasteiger partial charge in [-0.1, -0.05) is 18.2 Å². The molecule has 3 N–H and O–H groups in total. The number of aliphatic hydroxyl groups excluding tert-OH is 1. The van der Waals surface area contributed by atoms with Crippen LogP contribution in [0, 0.1) is 6.92 Å². The van der Waals surface area contributed by atoms with Crippen molar-refractivity contribution >= 4 is 17.0 Å². The number of aliphatic hydroxyl groups is 1. The predicted octanol–water partition coefficient (Wildman–Crippen LogP) is 3.93. The monoisotopic (exact) mass is 408 g/mol. The fourth-order valence-corrected chi connectivity index (χ4v) is 3.57. The molecule has 5 aromatic rings. The van der Waals surface area contributed by atoms with Crippen molar-refractivity contribution in [3.8, 4) is 28.5 Å². The fourth-order valence-electron chi connectivity index (χ4n) is 3.57. The van der Waals surface area contributed by atoms with Gasteiger partial charge in [-0.25, -0.2) is 15.0 Å². The molecule has 7 nitrogen and oxygen atoms in total. The molecule has 0 bridgehead atoms. The second kappa shape index (κ2) is 7.62. The number of nitrogens with zero attached hydrogens (tertiary/aromatic N) is 5. The Balaban J connectivity index is 1.79. The number of aromatic nitrogens is 5. The Morgan fingerprint density at radius 2 is 1.68 bits per heavy atom. The Hall–Kier alpha value is -4.10. The maximum Gasteiger partial charge on any atom is 0.165 e. The average Bonchev–Trinajstić information content (AvgIpc) is 3.18. The van der Waals surface area contributed by atoms with Gasteiger partial charge in [0, 0.05) is 17.6 Å². The molecule has 4 heterocycles. The highest BCUT2D eigenvalue weighted by atomic mass is 16.3. The second-order valence-electron chi connectivity index (χ2n) is 7.24. The van der Waals surface area contributed by atoms with Crippen molar-refractivity contribution in [3.63, 3.8) is 0 Å². The summed E-state index contributed by atoms with van der Waals surface area (Å²) in [6, 6.07) is 21.1. The van der Waals surface area contributed by atoms with Crippen molar-refractivity contribution < 1.29 is 5.11 Å². The summed E-state index contributed by atoms with van der Waals surface area (Å²) < 4.78 is 1.96. The van der Waals surface area contributed by atoms with Crippen LogP contribution >= 0.6 is 0 Å².